The van der Waals surface area contributed by atoms with Crippen molar-refractivity contribution in [3.63, 3.8) is 0 Å². The van der Waals surface area contributed by atoms with E-state index in [0.717, 1.165) is 11.1 Å². The van der Waals surface area contributed by atoms with Crippen molar-refractivity contribution in [2.75, 3.05) is 13.7 Å². The molecule has 1 aromatic rings. The lowest BCUT2D eigenvalue weighted by molar-refractivity contribution is 0.0229. The Morgan fingerprint density at radius 1 is 1.25 bits per heavy atom. The van der Waals surface area contributed by atoms with E-state index in [0.29, 0.717) is 11.3 Å². The van der Waals surface area contributed by atoms with Gasteiger partial charge in [0, 0.05) is 12.1 Å². The second-order valence-electron chi connectivity index (χ2n) is 3.93. The topological polar surface area (TPSA) is 75.7 Å². The fraction of sp³-hybridized carbons (Fsp3) is 0.500. The van der Waals surface area contributed by atoms with Gasteiger partial charge in [-0.05, 0) is 37.1 Å². The molecular formula is C12H19NO3. The van der Waals surface area contributed by atoms with Gasteiger partial charge in [-0.3, -0.25) is 0 Å². The van der Waals surface area contributed by atoms with Gasteiger partial charge >= 0.3 is 0 Å². The van der Waals surface area contributed by atoms with Gasteiger partial charge in [-0.15, -0.1) is 0 Å². The minimum absolute atomic E-state index is 0.0112. The first kappa shape index (κ1) is 13.0. The minimum atomic E-state index is -1.01. The number of nitrogens with two attached hydrogens (primary N) is 1. The Labute approximate surface area is 95.7 Å². The number of aliphatic hydroxyl groups excluding tert-OH is 2. The van der Waals surface area contributed by atoms with E-state index in [-0.39, 0.29) is 6.54 Å². The Kier molecular flexibility index (Phi) is 4.29. The zero-order valence-electron chi connectivity index (χ0n) is 9.90. The highest BCUT2D eigenvalue weighted by Gasteiger charge is 2.21. The summed E-state index contributed by atoms with van der Waals surface area (Å²) in [5.41, 5.74) is 8.01. The normalized spacial score (nSPS) is 14.6. The number of hydrogen-bond donors (Lipinski definition) is 3. The molecule has 0 fully saturated rings. The third-order valence-corrected chi connectivity index (χ3v) is 2.77. The van der Waals surface area contributed by atoms with Crippen molar-refractivity contribution in [2.24, 2.45) is 5.73 Å². The van der Waals surface area contributed by atoms with Gasteiger partial charge < -0.3 is 20.7 Å². The molecule has 0 aliphatic heterocycles. The van der Waals surface area contributed by atoms with Gasteiger partial charge in [0.2, 0.25) is 0 Å². The molecule has 0 aliphatic rings. The Balaban J connectivity index is 3.16. The number of aryl methyl sites for hydroxylation is 2. The highest BCUT2D eigenvalue weighted by Crippen LogP contribution is 2.30. The first-order valence-electron chi connectivity index (χ1n) is 5.22. The van der Waals surface area contributed by atoms with E-state index in [9.17, 15) is 10.2 Å². The number of aliphatic hydroxyl groups is 2. The predicted octanol–water partition coefficient (Wildman–Crippen LogP) is 0.665. The standard InChI is InChI=1S/C12H19NO3/c1-7-4-9(12(15)10(14)6-13)11(16-3)5-8(7)2/h4-5,10,12,14-15H,6,13H2,1-3H3. The summed E-state index contributed by atoms with van der Waals surface area (Å²) in [6, 6.07) is 3.66. The molecule has 0 radical (unpaired) electrons. The number of methoxy groups -OCH3 is 1. The smallest absolute Gasteiger partial charge is 0.125 e. The predicted molar refractivity (Wildman–Crippen MR) is 62.5 cm³/mol. The molecule has 0 aromatic heterocycles. The van der Waals surface area contributed by atoms with Crippen molar-refractivity contribution in [2.45, 2.75) is 26.1 Å². The van der Waals surface area contributed by atoms with Gasteiger partial charge in [0.25, 0.3) is 0 Å². The van der Waals surface area contributed by atoms with Gasteiger partial charge in [-0.25, -0.2) is 0 Å². The van der Waals surface area contributed by atoms with Crippen molar-refractivity contribution in [3.8, 4) is 5.75 Å². The van der Waals surface area contributed by atoms with E-state index < -0.39 is 12.2 Å². The van der Waals surface area contributed by atoms with Gasteiger partial charge in [-0.1, -0.05) is 0 Å². The Bertz CT molecular complexity index is 366. The molecule has 4 nitrogen and oxygen atoms in total. The molecule has 90 valence electrons. The highest BCUT2D eigenvalue weighted by atomic mass is 16.5. The summed E-state index contributed by atoms with van der Waals surface area (Å²) in [6.07, 6.45) is -1.99. The van der Waals surface area contributed by atoms with Gasteiger partial charge in [0.05, 0.1) is 13.2 Å². The first-order chi connectivity index (χ1) is 7.51. The fourth-order valence-electron chi connectivity index (χ4n) is 1.56. The molecule has 1 rings (SSSR count). The Hall–Kier alpha value is -1.10. The molecule has 16 heavy (non-hydrogen) atoms. The second-order valence-corrected chi connectivity index (χ2v) is 3.93. The van der Waals surface area contributed by atoms with E-state index in [2.05, 4.69) is 0 Å². The number of hydrogen-bond acceptors (Lipinski definition) is 4. The lowest BCUT2D eigenvalue weighted by Gasteiger charge is -2.20. The van der Waals surface area contributed by atoms with Crippen molar-refractivity contribution in [1.82, 2.24) is 0 Å². The summed E-state index contributed by atoms with van der Waals surface area (Å²) in [5, 5.41) is 19.4. The van der Waals surface area contributed by atoms with Crippen LogP contribution in [0.5, 0.6) is 5.75 Å². The second kappa shape index (κ2) is 5.30. The SMILES string of the molecule is COc1cc(C)c(C)cc1C(O)C(O)CN. The van der Waals surface area contributed by atoms with Crippen LogP contribution in [0.3, 0.4) is 0 Å². The van der Waals surface area contributed by atoms with E-state index >= 15 is 0 Å². The van der Waals surface area contributed by atoms with E-state index in [1.165, 1.54) is 7.11 Å². The van der Waals surface area contributed by atoms with Gasteiger partial charge in [-0.2, -0.15) is 0 Å². The molecule has 4 heteroatoms. The first-order valence-corrected chi connectivity index (χ1v) is 5.22. The monoisotopic (exact) mass is 225 g/mol. The van der Waals surface area contributed by atoms with Crippen molar-refractivity contribution >= 4 is 0 Å². The minimum Gasteiger partial charge on any atom is -0.496 e. The molecule has 0 amide bonds. The van der Waals surface area contributed by atoms with Crippen molar-refractivity contribution < 1.29 is 14.9 Å². The quantitative estimate of drug-likeness (QED) is 0.704. The van der Waals surface area contributed by atoms with Gasteiger partial charge in [0.1, 0.15) is 11.9 Å². The number of rotatable bonds is 4. The van der Waals surface area contributed by atoms with Crippen LogP contribution < -0.4 is 10.5 Å². The third-order valence-electron chi connectivity index (χ3n) is 2.77. The summed E-state index contributed by atoms with van der Waals surface area (Å²) in [5.74, 6) is 0.572. The average molecular weight is 225 g/mol. The average Bonchev–Trinajstić information content (AvgIpc) is 2.30. The summed E-state index contributed by atoms with van der Waals surface area (Å²) < 4.78 is 5.19. The molecule has 0 saturated heterocycles. The number of ether oxygens (including phenoxy) is 1. The number of benzene rings is 1. The molecule has 0 spiro atoms. The summed E-state index contributed by atoms with van der Waals surface area (Å²) in [4.78, 5) is 0. The van der Waals surface area contributed by atoms with Crippen LogP contribution in [-0.2, 0) is 0 Å². The molecule has 0 heterocycles. The maximum atomic E-state index is 9.91. The fourth-order valence-corrected chi connectivity index (χ4v) is 1.56. The maximum absolute atomic E-state index is 9.91. The van der Waals surface area contributed by atoms with Crippen LogP contribution >= 0.6 is 0 Å². The summed E-state index contributed by atoms with van der Waals surface area (Å²) in [6.45, 7) is 3.92. The Morgan fingerprint density at radius 2 is 1.81 bits per heavy atom. The molecule has 0 saturated carbocycles. The largest absolute Gasteiger partial charge is 0.496 e. The summed E-state index contributed by atoms with van der Waals surface area (Å²) >= 11 is 0. The maximum Gasteiger partial charge on any atom is 0.125 e. The molecular weight excluding hydrogens is 206 g/mol. The molecule has 2 atom stereocenters. The molecule has 1 aromatic carbocycles. The van der Waals surface area contributed by atoms with Crippen molar-refractivity contribution in [3.05, 3.63) is 28.8 Å². The van der Waals surface area contributed by atoms with Crippen LogP contribution in [-0.4, -0.2) is 30.0 Å². The van der Waals surface area contributed by atoms with E-state index in [1.54, 1.807) is 0 Å². The zero-order chi connectivity index (χ0) is 12.3. The van der Waals surface area contributed by atoms with E-state index in [1.807, 2.05) is 26.0 Å². The van der Waals surface area contributed by atoms with Crippen LogP contribution in [0, 0.1) is 13.8 Å². The molecule has 0 bridgehead atoms. The van der Waals surface area contributed by atoms with Crippen molar-refractivity contribution in [1.29, 1.82) is 0 Å². The molecule has 2 unspecified atom stereocenters. The van der Waals surface area contributed by atoms with Crippen LogP contribution in [0.1, 0.15) is 22.8 Å². The van der Waals surface area contributed by atoms with E-state index in [4.69, 9.17) is 10.5 Å². The highest BCUT2D eigenvalue weighted by molar-refractivity contribution is 5.43. The molecule has 4 N–H and O–H groups in total. The van der Waals surface area contributed by atoms with Crippen LogP contribution in [0.25, 0.3) is 0 Å². The van der Waals surface area contributed by atoms with Crippen LogP contribution in [0.4, 0.5) is 0 Å². The summed E-state index contributed by atoms with van der Waals surface area (Å²) in [7, 11) is 1.54. The zero-order valence-corrected chi connectivity index (χ0v) is 9.90. The lowest BCUT2D eigenvalue weighted by Crippen LogP contribution is -2.27. The van der Waals surface area contributed by atoms with Gasteiger partial charge in [0.15, 0.2) is 0 Å². The van der Waals surface area contributed by atoms with Crippen LogP contribution in [0.15, 0.2) is 12.1 Å². The molecule has 0 aliphatic carbocycles. The van der Waals surface area contributed by atoms with Crippen LogP contribution in [0.2, 0.25) is 0 Å². The Morgan fingerprint density at radius 3 is 2.31 bits per heavy atom. The lowest BCUT2D eigenvalue weighted by atomic mass is 9.98. The third kappa shape index (κ3) is 2.52.